The van der Waals surface area contributed by atoms with Crippen LogP contribution in [-0.2, 0) is 19.3 Å². The van der Waals surface area contributed by atoms with Gasteiger partial charge in [0, 0.05) is 16.8 Å². The van der Waals surface area contributed by atoms with Crippen molar-refractivity contribution in [2.24, 2.45) is 5.73 Å². The summed E-state index contributed by atoms with van der Waals surface area (Å²) in [5, 5.41) is 0.801. The first-order chi connectivity index (χ1) is 10.2. The summed E-state index contributed by atoms with van der Waals surface area (Å²) >= 11 is 6.44. The van der Waals surface area contributed by atoms with Gasteiger partial charge in [-0.05, 0) is 56.2 Å². The van der Waals surface area contributed by atoms with Gasteiger partial charge in [0.25, 0.3) is 0 Å². The SMILES string of the molecule is CCC(N)Cc1c(Cl)cccc1-n1cnc2c1CCCC2. The standard InChI is InChI=1S/C17H22ClN3/c1-2-12(19)10-13-14(18)6-5-9-16(13)21-11-20-15-7-3-4-8-17(15)21/h5-6,9,11-12H,2-4,7-8,10,19H2,1H3. The van der Waals surface area contributed by atoms with E-state index >= 15 is 0 Å². The molecule has 0 saturated carbocycles. The molecule has 0 fully saturated rings. The third-order valence-corrected chi connectivity index (χ3v) is 4.73. The third kappa shape index (κ3) is 2.85. The molecule has 21 heavy (non-hydrogen) atoms. The molecule has 2 N–H and O–H groups in total. The number of hydrogen-bond acceptors (Lipinski definition) is 2. The zero-order valence-electron chi connectivity index (χ0n) is 12.5. The second-order valence-corrected chi connectivity index (χ2v) is 6.23. The number of nitrogens with two attached hydrogens (primary N) is 1. The van der Waals surface area contributed by atoms with E-state index in [9.17, 15) is 0 Å². The van der Waals surface area contributed by atoms with Crippen molar-refractivity contribution in [2.45, 2.75) is 51.5 Å². The first kappa shape index (κ1) is 14.6. The van der Waals surface area contributed by atoms with Crippen LogP contribution >= 0.6 is 11.6 Å². The molecule has 112 valence electrons. The molecule has 2 aromatic rings. The van der Waals surface area contributed by atoms with E-state index in [1.54, 1.807) is 0 Å². The molecule has 1 unspecified atom stereocenters. The van der Waals surface area contributed by atoms with Gasteiger partial charge in [-0.2, -0.15) is 0 Å². The maximum Gasteiger partial charge on any atom is 0.0997 e. The molecule has 1 aromatic carbocycles. The molecule has 0 bridgehead atoms. The lowest BCUT2D eigenvalue weighted by molar-refractivity contribution is 0.638. The fraction of sp³-hybridized carbons (Fsp3) is 0.471. The van der Waals surface area contributed by atoms with E-state index in [4.69, 9.17) is 17.3 Å². The Morgan fingerprint density at radius 1 is 1.33 bits per heavy atom. The topological polar surface area (TPSA) is 43.8 Å². The lowest BCUT2D eigenvalue weighted by atomic mass is 9.99. The van der Waals surface area contributed by atoms with Gasteiger partial charge in [-0.25, -0.2) is 4.98 Å². The summed E-state index contributed by atoms with van der Waals surface area (Å²) in [6, 6.07) is 6.23. The molecule has 0 radical (unpaired) electrons. The quantitative estimate of drug-likeness (QED) is 0.936. The molecule has 1 heterocycles. The molecule has 0 aliphatic heterocycles. The maximum absolute atomic E-state index is 6.44. The predicted octanol–water partition coefficient (Wildman–Crippen LogP) is 3.68. The molecule has 0 spiro atoms. The number of aryl methyl sites for hydroxylation is 1. The lowest BCUT2D eigenvalue weighted by Gasteiger charge is -2.19. The number of nitrogens with zero attached hydrogens (tertiary/aromatic N) is 2. The number of halogens is 1. The maximum atomic E-state index is 6.44. The average molecular weight is 304 g/mol. The second-order valence-electron chi connectivity index (χ2n) is 5.83. The molecule has 4 heteroatoms. The molecule has 0 amide bonds. The largest absolute Gasteiger partial charge is 0.327 e. The molecule has 1 aromatic heterocycles. The van der Waals surface area contributed by atoms with Crippen molar-refractivity contribution in [2.75, 3.05) is 0 Å². The van der Waals surface area contributed by atoms with Crippen molar-refractivity contribution in [1.29, 1.82) is 0 Å². The van der Waals surface area contributed by atoms with E-state index in [2.05, 4.69) is 22.5 Å². The molecular formula is C17H22ClN3. The number of fused-ring (bicyclic) bond motifs is 1. The molecule has 0 saturated heterocycles. The van der Waals surface area contributed by atoms with Crippen LogP contribution in [0.3, 0.4) is 0 Å². The summed E-state index contributed by atoms with van der Waals surface area (Å²) in [6.45, 7) is 2.11. The highest BCUT2D eigenvalue weighted by Gasteiger charge is 2.19. The normalized spacial score (nSPS) is 15.8. The minimum atomic E-state index is 0.142. The van der Waals surface area contributed by atoms with Gasteiger partial charge >= 0.3 is 0 Å². The van der Waals surface area contributed by atoms with Gasteiger partial charge in [0.15, 0.2) is 0 Å². The van der Waals surface area contributed by atoms with Gasteiger partial charge in [0.05, 0.1) is 17.7 Å². The third-order valence-electron chi connectivity index (χ3n) is 4.37. The zero-order chi connectivity index (χ0) is 14.8. The Morgan fingerprint density at radius 2 is 2.14 bits per heavy atom. The summed E-state index contributed by atoms with van der Waals surface area (Å²) in [7, 11) is 0. The van der Waals surface area contributed by atoms with Crippen molar-refractivity contribution >= 4 is 11.6 Å². The molecule has 3 rings (SSSR count). The van der Waals surface area contributed by atoms with Crippen LogP contribution in [0.5, 0.6) is 0 Å². The minimum absolute atomic E-state index is 0.142. The Labute approximate surface area is 131 Å². The van der Waals surface area contributed by atoms with Crippen LogP contribution < -0.4 is 5.73 Å². The molecule has 1 atom stereocenters. The summed E-state index contributed by atoms with van der Waals surface area (Å²) in [4.78, 5) is 4.59. The highest BCUT2D eigenvalue weighted by atomic mass is 35.5. The lowest BCUT2D eigenvalue weighted by Crippen LogP contribution is -2.22. The van der Waals surface area contributed by atoms with E-state index in [-0.39, 0.29) is 6.04 Å². The van der Waals surface area contributed by atoms with Gasteiger partial charge in [-0.15, -0.1) is 0 Å². The van der Waals surface area contributed by atoms with Gasteiger partial charge in [-0.1, -0.05) is 24.6 Å². The summed E-state index contributed by atoms with van der Waals surface area (Å²) in [6.07, 6.45) is 8.37. The van der Waals surface area contributed by atoms with Crippen molar-refractivity contribution in [3.8, 4) is 5.69 Å². The van der Waals surface area contributed by atoms with Crippen LogP contribution in [0.2, 0.25) is 5.02 Å². The van der Waals surface area contributed by atoms with Crippen LogP contribution in [0.4, 0.5) is 0 Å². The van der Waals surface area contributed by atoms with Crippen LogP contribution in [0.15, 0.2) is 24.5 Å². The second kappa shape index (κ2) is 6.20. The molecule has 3 nitrogen and oxygen atoms in total. The van der Waals surface area contributed by atoms with E-state index < -0.39 is 0 Å². The average Bonchev–Trinajstić information content (AvgIpc) is 2.93. The first-order valence-corrected chi connectivity index (χ1v) is 8.17. The van der Waals surface area contributed by atoms with E-state index in [0.29, 0.717) is 0 Å². The summed E-state index contributed by atoms with van der Waals surface area (Å²) in [5.41, 5.74) is 11.0. The van der Waals surface area contributed by atoms with E-state index in [0.717, 1.165) is 42.0 Å². The van der Waals surface area contributed by atoms with Gasteiger partial charge in [-0.3, -0.25) is 0 Å². The fourth-order valence-corrected chi connectivity index (χ4v) is 3.31. The van der Waals surface area contributed by atoms with Crippen molar-refractivity contribution < 1.29 is 0 Å². The fourth-order valence-electron chi connectivity index (χ4n) is 3.06. The van der Waals surface area contributed by atoms with Crippen LogP contribution in [0, 0.1) is 0 Å². The number of aromatic nitrogens is 2. The Hall–Kier alpha value is -1.32. The van der Waals surface area contributed by atoms with Crippen molar-refractivity contribution in [3.63, 3.8) is 0 Å². The minimum Gasteiger partial charge on any atom is -0.327 e. The number of hydrogen-bond donors (Lipinski definition) is 1. The van der Waals surface area contributed by atoms with Gasteiger partial charge in [0.2, 0.25) is 0 Å². The Bertz CT molecular complexity index is 633. The van der Waals surface area contributed by atoms with E-state index in [1.165, 1.54) is 24.2 Å². The predicted molar refractivity (Wildman–Crippen MR) is 87.2 cm³/mol. The molecular weight excluding hydrogens is 282 g/mol. The monoisotopic (exact) mass is 303 g/mol. The molecule has 1 aliphatic rings. The van der Waals surface area contributed by atoms with Crippen LogP contribution in [0.1, 0.15) is 43.1 Å². The number of rotatable bonds is 4. The summed E-state index contributed by atoms with van der Waals surface area (Å²) < 4.78 is 2.22. The highest BCUT2D eigenvalue weighted by Crippen LogP contribution is 2.29. The zero-order valence-corrected chi connectivity index (χ0v) is 13.2. The van der Waals surface area contributed by atoms with Crippen LogP contribution in [-0.4, -0.2) is 15.6 Å². The van der Waals surface area contributed by atoms with Crippen LogP contribution in [0.25, 0.3) is 5.69 Å². The Balaban J connectivity index is 2.06. The Morgan fingerprint density at radius 3 is 2.95 bits per heavy atom. The number of benzene rings is 1. The Kier molecular flexibility index (Phi) is 4.32. The molecule has 1 aliphatic carbocycles. The first-order valence-electron chi connectivity index (χ1n) is 7.79. The van der Waals surface area contributed by atoms with Gasteiger partial charge in [0.1, 0.15) is 0 Å². The van der Waals surface area contributed by atoms with Crippen molar-refractivity contribution in [1.82, 2.24) is 9.55 Å². The highest BCUT2D eigenvalue weighted by molar-refractivity contribution is 6.31. The van der Waals surface area contributed by atoms with Crippen molar-refractivity contribution in [3.05, 3.63) is 46.5 Å². The summed E-state index contributed by atoms with van der Waals surface area (Å²) in [5.74, 6) is 0. The smallest absolute Gasteiger partial charge is 0.0997 e. The van der Waals surface area contributed by atoms with Gasteiger partial charge < -0.3 is 10.3 Å². The van der Waals surface area contributed by atoms with E-state index in [1.807, 2.05) is 18.5 Å². The number of imidazole rings is 1.